The van der Waals surface area contributed by atoms with Gasteiger partial charge < -0.3 is 20.1 Å². The van der Waals surface area contributed by atoms with E-state index in [0.717, 1.165) is 11.1 Å². The molecule has 0 saturated carbocycles. The van der Waals surface area contributed by atoms with Crippen LogP contribution in [0.2, 0.25) is 0 Å². The number of nitrogens with zero attached hydrogens (tertiary/aromatic N) is 4. The van der Waals surface area contributed by atoms with Crippen LogP contribution in [0.4, 0.5) is 10.2 Å². The number of piperidine rings is 1. The number of methoxy groups -OCH3 is 1. The highest BCUT2D eigenvalue weighted by Crippen LogP contribution is 2.34. The first kappa shape index (κ1) is 20.4. The molecule has 2 aromatic heterocycles. The molecule has 1 aromatic carbocycles. The molecule has 0 unspecified atom stereocenters. The number of pyridine rings is 1. The second kappa shape index (κ2) is 8.20. The van der Waals surface area contributed by atoms with Crippen LogP contribution >= 0.6 is 0 Å². The van der Waals surface area contributed by atoms with Gasteiger partial charge in [-0.1, -0.05) is 18.2 Å². The lowest BCUT2D eigenvalue weighted by Crippen LogP contribution is -2.56. The third kappa shape index (κ3) is 3.67. The molecule has 0 spiro atoms. The number of anilines is 1. The third-order valence-electron chi connectivity index (χ3n) is 6.22. The number of phenolic OH excluding ortho intramolecular Hbond substituents is 1. The lowest BCUT2D eigenvalue weighted by molar-refractivity contribution is 0.187. The standard InChI is InChI=1S/C24H24FN5O2/c1-30(20-13-16-4-6-19(27-16)24(20)25)22-8-7-18(28-29-22)17-5-3-14(11-21(17)31)15-9-10-26-23(12-15)32-2/h3-12,16,19-20,24,27,31H,13H2,1-2H3/t16-,19+,20-,24+/m1/s1. The second-order valence-corrected chi connectivity index (χ2v) is 8.14. The Bertz CT molecular complexity index is 1150. The molecule has 2 aliphatic rings. The SMILES string of the molecule is COc1cc(-c2ccc(-c3ccc(N(C)[C@@H]4C[C@H]5C=C[C@H](N5)[C@@H]4F)nn3)c(O)c2)ccn1. The number of nitrogens with one attached hydrogen (secondary N) is 1. The summed E-state index contributed by atoms with van der Waals surface area (Å²) in [6.45, 7) is 0. The number of benzene rings is 1. The molecule has 7 nitrogen and oxygen atoms in total. The van der Waals surface area contributed by atoms with Gasteiger partial charge in [0.15, 0.2) is 5.82 Å². The zero-order chi connectivity index (χ0) is 22.2. The van der Waals surface area contributed by atoms with Crippen LogP contribution in [0.15, 0.2) is 60.8 Å². The summed E-state index contributed by atoms with van der Waals surface area (Å²) in [6.07, 6.45) is 5.27. The van der Waals surface area contributed by atoms with E-state index < -0.39 is 6.17 Å². The largest absolute Gasteiger partial charge is 0.507 e. The van der Waals surface area contributed by atoms with E-state index in [1.54, 1.807) is 37.6 Å². The van der Waals surface area contributed by atoms with Crippen molar-refractivity contribution in [3.8, 4) is 34.0 Å². The van der Waals surface area contributed by atoms with Gasteiger partial charge in [-0.15, -0.1) is 10.2 Å². The van der Waals surface area contributed by atoms with E-state index in [9.17, 15) is 9.50 Å². The summed E-state index contributed by atoms with van der Waals surface area (Å²) in [5.41, 5.74) is 2.83. The van der Waals surface area contributed by atoms with E-state index in [2.05, 4.69) is 20.5 Å². The van der Waals surface area contributed by atoms with Crippen molar-refractivity contribution in [3.63, 3.8) is 0 Å². The number of fused-ring (bicyclic) bond motifs is 2. The van der Waals surface area contributed by atoms with Gasteiger partial charge in [-0.2, -0.15) is 0 Å². The summed E-state index contributed by atoms with van der Waals surface area (Å²) in [5.74, 6) is 1.20. The van der Waals surface area contributed by atoms with Crippen molar-refractivity contribution in [1.29, 1.82) is 0 Å². The molecule has 1 saturated heterocycles. The highest BCUT2D eigenvalue weighted by atomic mass is 19.1. The van der Waals surface area contributed by atoms with Crippen LogP contribution in [0.5, 0.6) is 11.6 Å². The second-order valence-electron chi connectivity index (χ2n) is 8.14. The van der Waals surface area contributed by atoms with Crippen molar-refractivity contribution in [2.45, 2.75) is 30.7 Å². The number of phenols is 1. The van der Waals surface area contributed by atoms with Crippen LogP contribution in [0.25, 0.3) is 22.4 Å². The molecular formula is C24H24FN5O2. The summed E-state index contributed by atoms with van der Waals surface area (Å²) in [6, 6.07) is 12.3. The Kier molecular flexibility index (Phi) is 5.22. The molecule has 2 N–H and O–H groups in total. The first-order valence-electron chi connectivity index (χ1n) is 10.5. The molecule has 2 aliphatic heterocycles. The topological polar surface area (TPSA) is 83.4 Å². The van der Waals surface area contributed by atoms with Crippen molar-refractivity contribution in [1.82, 2.24) is 20.5 Å². The number of alkyl halides is 1. The summed E-state index contributed by atoms with van der Waals surface area (Å²) in [5, 5.41) is 22.5. The van der Waals surface area contributed by atoms with Crippen LogP contribution in [0.3, 0.4) is 0 Å². The van der Waals surface area contributed by atoms with E-state index in [0.29, 0.717) is 29.4 Å². The van der Waals surface area contributed by atoms with E-state index >= 15 is 0 Å². The van der Waals surface area contributed by atoms with Gasteiger partial charge in [0.1, 0.15) is 11.9 Å². The molecule has 8 heteroatoms. The highest BCUT2D eigenvalue weighted by molar-refractivity contribution is 5.74. The van der Waals surface area contributed by atoms with Gasteiger partial charge in [0.2, 0.25) is 5.88 Å². The molecule has 5 rings (SSSR count). The van der Waals surface area contributed by atoms with E-state index in [-0.39, 0.29) is 23.9 Å². The van der Waals surface area contributed by atoms with E-state index in [1.807, 2.05) is 42.3 Å². The maximum Gasteiger partial charge on any atom is 0.213 e. The Balaban J connectivity index is 1.36. The van der Waals surface area contributed by atoms with E-state index in [4.69, 9.17) is 4.74 Å². The van der Waals surface area contributed by atoms with Crippen molar-refractivity contribution in [2.75, 3.05) is 19.1 Å². The Hall–Kier alpha value is -3.52. The van der Waals surface area contributed by atoms with Gasteiger partial charge in [-0.3, -0.25) is 0 Å². The minimum atomic E-state index is -1.01. The van der Waals surface area contributed by atoms with Crippen molar-refractivity contribution in [2.24, 2.45) is 0 Å². The number of halogens is 1. The van der Waals surface area contributed by atoms with Crippen LogP contribution in [-0.2, 0) is 0 Å². The van der Waals surface area contributed by atoms with Gasteiger partial charge in [0.25, 0.3) is 0 Å². The first-order valence-corrected chi connectivity index (χ1v) is 10.5. The maximum absolute atomic E-state index is 14.8. The molecule has 4 heterocycles. The number of ether oxygens (including phenoxy) is 1. The van der Waals surface area contributed by atoms with Crippen molar-refractivity contribution in [3.05, 3.63) is 60.8 Å². The Morgan fingerprint density at radius 3 is 2.69 bits per heavy atom. The number of aromatic hydroxyl groups is 1. The molecule has 0 aliphatic carbocycles. The summed E-state index contributed by atoms with van der Waals surface area (Å²) < 4.78 is 20.0. The number of rotatable bonds is 5. The first-order chi connectivity index (χ1) is 15.5. The van der Waals surface area contributed by atoms with Crippen LogP contribution in [0, 0.1) is 0 Å². The summed E-state index contributed by atoms with van der Waals surface area (Å²) >= 11 is 0. The molecule has 4 atom stereocenters. The molecule has 2 bridgehead atoms. The normalized spacial score (nSPS) is 23.8. The zero-order valence-electron chi connectivity index (χ0n) is 17.8. The van der Waals surface area contributed by atoms with Gasteiger partial charge in [0, 0.05) is 30.9 Å². The van der Waals surface area contributed by atoms with Gasteiger partial charge >= 0.3 is 0 Å². The molecule has 0 radical (unpaired) electrons. The summed E-state index contributed by atoms with van der Waals surface area (Å²) in [7, 11) is 3.41. The Labute approximate surface area is 185 Å². The number of hydrogen-bond acceptors (Lipinski definition) is 7. The maximum atomic E-state index is 14.8. The third-order valence-corrected chi connectivity index (χ3v) is 6.22. The fourth-order valence-corrected chi connectivity index (χ4v) is 4.41. The fourth-order valence-electron chi connectivity index (χ4n) is 4.41. The van der Waals surface area contributed by atoms with Gasteiger partial charge in [-0.05, 0) is 47.9 Å². The summed E-state index contributed by atoms with van der Waals surface area (Å²) in [4.78, 5) is 5.96. The molecule has 0 amide bonds. The lowest BCUT2D eigenvalue weighted by atomic mass is 9.95. The van der Waals surface area contributed by atoms with Gasteiger partial charge in [0.05, 0.1) is 24.9 Å². The van der Waals surface area contributed by atoms with Crippen LogP contribution in [0.1, 0.15) is 6.42 Å². The molecular weight excluding hydrogens is 409 g/mol. The van der Waals surface area contributed by atoms with Crippen LogP contribution < -0.4 is 15.0 Å². The van der Waals surface area contributed by atoms with Crippen molar-refractivity contribution < 1.29 is 14.2 Å². The Morgan fingerprint density at radius 2 is 1.94 bits per heavy atom. The van der Waals surface area contributed by atoms with E-state index in [1.165, 1.54) is 0 Å². The predicted molar refractivity (Wildman–Crippen MR) is 120 cm³/mol. The van der Waals surface area contributed by atoms with Gasteiger partial charge in [-0.25, -0.2) is 9.37 Å². The van der Waals surface area contributed by atoms with Crippen LogP contribution in [-0.4, -0.2) is 58.7 Å². The number of aromatic nitrogens is 3. The molecule has 1 fully saturated rings. The minimum absolute atomic E-state index is 0.0958. The lowest BCUT2D eigenvalue weighted by Gasteiger charge is -2.38. The Morgan fingerprint density at radius 1 is 1.09 bits per heavy atom. The van der Waals surface area contributed by atoms with Crippen molar-refractivity contribution >= 4 is 5.82 Å². The zero-order valence-corrected chi connectivity index (χ0v) is 17.8. The molecule has 3 aromatic rings. The average molecular weight is 433 g/mol. The monoisotopic (exact) mass is 433 g/mol. The fraction of sp³-hybridized carbons (Fsp3) is 0.292. The number of hydrogen-bond donors (Lipinski definition) is 2. The highest BCUT2D eigenvalue weighted by Gasteiger charge is 2.41. The minimum Gasteiger partial charge on any atom is -0.507 e. The molecule has 32 heavy (non-hydrogen) atoms. The quantitative estimate of drug-likeness (QED) is 0.597. The smallest absolute Gasteiger partial charge is 0.213 e. The predicted octanol–water partition coefficient (Wildman–Crippen LogP) is 3.36. The molecule has 164 valence electrons. The average Bonchev–Trinajstić information content (AvgIpc) is 3.24.